The fourth-order valence-electron chi connectivity index (χ4n) is 2.43. The van der Waals surface area contributed by atoms with Gasteiger partial charge in [-0.3, -0.25) is 4.79 Å². The van der Waals surface area contributed by atoms with E-state index in [1.807, 2.05) is 30.4 Å². The molecule has 0 spiro atoms. The number of primary amides is 1. The Balaban J connectivity index is 2.35. The SMILES string of the molecule is CCCCCCOC(=O)N[C@@H](/C=C/CCc1ccccc1)CC(N)=O. The fraction of sp³-hybridized carbons (Fsp3) is 0.500. The molecule has 5 nitrogen and oxygen atoms in total. The monoisotopic (exact) mass is 346 g/mol. The Bertz CT molecular complexity index is 529. The Kier molecular flexibility index (Phi) is 10.8. The zero-order chi connectivity index (χ0) is 18.3. The molecule has 2 amide bonds. The highest BCUT2D eigenvalue weighted by molar-refractivity contribution is 5.76. The minimum Gasteiger partial charge on any atom is -0.450 e. The van der Waals surface area contributed by atoms with Gasteiger partial charge in [-0.2, -0.15) is 0 Å². The smallest absolute Gasteiger partial charge is 0.407 e. The Labute approximate surface area is 150 Å². The van der Waals surface area contributed by atoms with Crippen LogP contribution in [0.15, 0.2) is 42.5 Å². The predicted molar refractivity (Wildman–Crippen MR) is 100 cm³/mol. The maximum absolute atomic E-state index is 11.8. The van der Waals surface area contributed by atoms with E-state index in [0.717, 1.165) is 38.5 Å². The van der Waals surface area contributed by atoms with Crippen LogP contribution in [0.25, 0.3) is 0 Å². The lowest BCUT2D eigenvalue weighted by Gasteiger charge is -2.13. The van der Waals surface area contributed by atoms with Crippen LogP contribution in [0.2, 0.25) is 0 Å². The van der Waals surface area contributed by atoms with Crippen molar-refractivity contribution in [3.05, 3.63) is 48.0 Å². The second-order valence-corrected chi connectivity index (χ2v) is 6.07. The molecule has 0 saturated heterocycles. The zero-order valence-electron chi connectivity index (χ0n) is 15.1. The van der Waals surface area contributed by atoms with E-state index in [1.165, 1.54) is 5.56 Å². The average molecular weight is 346 g/mol. The number of hydrogen-bond acceptors (Lipinski definition) is 3. The van der Waals surface area contributed by atoms with Crippen LogP contribution in [0.4, 0.5) is 4.79 Å². The topological polar surface area (TPSA) is 81.4 Å². The van der Waals surface area contributed by atoms with Crippen LogP contribution in [0, 0.1) is 0 Å². The summed E-state index contributed by atoms with van der Waals surface area (Å²) in [5.74, 6) is -0.457. The first kappa shape index (κ1) is 20.7. The highest BCUT2D eigenvalue weighted by Gasteiger charge is 2.12. The molecular weight excluding hydrogens is 316 g/mol. The van der Waals surface area contributed by atoms with Gasteiger partial charge in [0.1, 0.15) is 0 Å². The summed E-state index contributed by atoms with van der Waals surface area (Å²) in [7, 11) is 0. The van der Waals surface area contributed by atoms with E-state index >= 15 is 0 Å². The van der Waals surface area contributed by atoms with Crippen LogP contribution < -0.4 is 11.1 Å². The molecule has 0 unspecified atom stereocenters. The Hall–Kier alpha value is -2.30. The number of alkyl carbamates (subject to hydrolysis) is 1. The van der Waals surface area contributed by atoms with Crippen molar-refractivity contribution in [3.63, 3.8) is 0 Å². The minimum absolute atomic E-state index is 0.0623. The predicted octanol–water partition coefficient (Wildman–Crippen LogP) is 3.73. The van der Waals surface area contributed by atoms with Gasteiger partial charge in [-0.25, -0.2) is 4.79 Å². The van der Waals surface area contributed by atoms with Crippen LogP contribution in [0.3, 0.4) is 0 Å². The summed E-state index contributed by atoms with van der Waals surface area (Å²) in [5.41, 5.74) is 6.50. The molecule has 25 heavy (non-hydrogen) atoms. The summed E-state index contributed by atoms with van der Waals surface area (Å²) in [6.45, 7) is 2.53. The molecule has 0 saturated carbocycles. The van der Waals surface area contributed by atoms with Gasteiger partial charge in [-0.05, 0) is 24.8 Å². The molecule has 1 aromatic carbocycles. The molecule has 0 radical (unpaired) electrons. The van der Waals surface area contributed by atoms with Crippen LogP contribution in [-0.4, -0.2) is 24.6 Å². The van der Waals surface area contributed by atoms with Crippen molar-refractivity contribution < 1.29 is 14.3 Å². The lowest BCUT2D eigenvalue weighted by atomic mass is 10.1. The summed E-state index contributed by atoms with van der Waals surface area (Å²) in [6.07, 6.45) is 9.24. The lowest BCUT2D eigenvalue weighted by molar-refractivity contribution is -0.118. The second kappa shape index (κ2) is 13.0. The van der Waals surface area contributed by atoms with Crippen LogP contribution in [0.1, 0.15) is 51.0 Å². The summed E-state index contributed by atoms with van der Waals surface area (Å²) >= 11 is 0. The third kappa shape index (κ3) is 11.0. The van der Waals surface area contributed by atoms with Crippen molar-refractivity contribution in [2.45, 2.75) is 57.9 Å². The first-order chi connectivity index (χ1) is 12.1. The van der Waals surface area contributed by atoms with Gasteiger partial charge >= 0.3 is 6.09 Å². The summed E-state index contributed by atoms with van der Waals surface area (Å²) in [5, 5.41) is 2.69. The third-order valence-electron chi connectivity index (χ3n) is 3.77. The van der Waals surface area contributed by atoms with Gasteiger partial charge in [0, 0.05) is 0 Å². The van der Waals surface area contributed by atoms with Crippen LogP contribution >= 0.6 is 0 Å². The molecule has 0 aliphatic carbocycles. The molecule has 0 aromatic heterocycles. The molecule has 0 fully saturated rings. The number of allylic oxidation sites excluding steroid dienone is 1. The van der Waals surface area contributed by atoms with Gasteiger partial charge in [-0.15, -0.1) is 0 Å². The van der Waals surface area contributed by atoms with Gasteiger partial charge in [0.15, 0.2) is 0 Å². The number of nitrogens with two attached hydrogens (primary N) is 1. The molecule has 5 heteroatoms. The number of amides is 2. The fourth-order valence-corrected chi connectivity index (χ4v) is 2.43. The highest BCUT2D eigenvalue weighted by Crippen LogP contribution is 2.04. The molecule has 0 heterocycles. The summed E-state index contributed by atoms with van der Waals surface area (Å²) < 4.78 is 5.14. The second-order valence-electron chi connectivity index (χ2n) is 6.07. The van der Waals surface area contributed by atoms with Crippen molar-refractivity contribution in [1.82, 2.24) is 5.32 Å². The van der Waals surface area contributed by atoms with Gasteiger partial charge in [-0.1, -0.05) is 68.7 Å². The van der Waals surface area contributed by atoms with Crippen molar-refractivity contribution >= 4 is 12.0 Å². The molecular formula is C20H30N2O3. The van der Waals surface area contributed by atoms with E-state index in [-0.39, 0.29) is 6.42 Å². The number of nitrogens with one attached hydrogen (secondary N) is 1. The van der Waals surface area contributed by atoms with Crippen LogP contribution in [0.5, 0.6) is 0 Å². The molecule has 0 aliphatic heterocycles. The molecule has 1 aromatic rings. The standard InChI is InChI=1S/C20H30N2O3/c1-2-3-4-10-15-25-20(24)22-18(16-19(21)23)14-9-8-13-17-11-6-5-7-12-17/h5-7,9,11-12,14,18H,2-4,8,10,13,15-16H2,1H3,(H2,21,23)(H,22,24)/b14-9+/t18-/m0/s1. The van der Waals surface area contributed by atoms with Crippen molar-refractivity contribution in [2.75, 3.05) is 6.61 Å². The highest BCUT2D eigenvalue weighted by atomic mass is 16.5. The Morgan fingerprint density at radius 3 is 2.64 bits per heavy atom. The summed E-state index contributed by atoms with van der Waals surface area (Å²) in [4.78, 5) is 23.0. The summed E-state index contributed by atoms with van der Waals surface area (Å²) in [6, 6.07) is 9.71. The molecule has 0 bridgehead atoms. The van der Waals surface area contributed by atoms with Crippen LogP contribution in [-0.2, 0) is 16.0 Å². The van der Waals surface area contributed by atoms with E-state index in [4.69, 9.17) is 10.5 Å². The Morgan fingerprint density at radius 1 is 1.20 bits per heavy atom. The number of unbranched alkanes of at least 4 members (excludes halogenated alkanes) is 3. The molecule has 3 N–H and O–H groups in total. The third-order valence-corrected chi connectivity index (χ3v) is 3.77. The number of carbonyl (C=O) groups excluding carboxylic acids is 2. The Morgan fingerprint density at radius 2 is 1.96 bits per heavy atom. The molecule has 1 rings (SSSR count). The number of ether oxygens (including phenoxy) is 1. The largest absolute Gasteiger partial charge is 0.450 e. The van der Waals surface area contributed by atoms with E-state index < -0.39 is 18.0 Å². The number of carbonyl (C=O) groups is 2. The van der Waals surface area contributed by atoms with Gasteiger partial charge in [0.25, 0.3) is 0 Å². The van der Waals surface area contributed by atoms with Gasteiger partial charge in [0.05, 0.1) is 19.1 Å². The number of rotatable bonds is 12. The van der Waals surface area contributed by atoms with Crippen molar-refractivity contribution in [1.29, 1.82) is 0 Å². The normalized spacial score (nSPS) is 12.0. The number of benzene rings is 1. The average Bonchev–Trinajstić information content (AvgIpc) is 2.59. The quantitative estimate of drug-likeness (QED) is 0.447. The first-order valence-electron chi connectivity index (χ1n) is 9.04. The van der Waals surface area contributed by atoms with Gasteiger partial charge < -0.3 is 15.8 Å². The molecule has 0 aliphatic rings. The van der Waals surface area contributed by atoms with E-state index in [2.05, 4.69) is 24.4 Å². The van der Waals surface area contributed by atoms with Crippen molar-refractivity contribution in [3.8, 4) is 0 Å². The maximum Gasteiger partial charge on any atom is 0.407 e. The van der Waals surface area contributed by atoms with Gasteiger partial charge in [0.2, 0.25) is 5.91 Å². The molecule has 1 atom stereocenters. The van der Waals surface area contributed by atoms with E-state index in [9.17, 15) is 9.59 Å². The maximum atomic E-state index is 11.8. The lowest BCUT2D eigenvalue weighted by Crippen LogP contribution is -2.37. The zero-order valence-corrected chi connectivity index (χ0v) is 15.1. The van der Waals surface area contributed by atoms with E-state index in [0.29, 0.717) is 6.61 Å². The molecule has 138 valence electrons. The van der Waals surface area contributed by atoms with E-state index in [1.54, 1.807) is 0 Å². The van der Waals surface area contributed by atoms with Crippen molar-refractivity contribution in [2.24, 2.45) is 5.73 Å². The number of aryl methyl sites for hydroxylation is 1. The number of hydrogen-bond donors (Lipinski definition) is 2. The minimum atomic E-state index is -0.504. The first-order valence-corrected chi connectivity index (χ1v) is 9.04.